The number of nitrogens with one attached hydrogen (secondary N) is 3. The van der Waals surface area contributed by atoms with Gasteiger partial charge in [-0.25, -0.2) is 4.39 Å². The van der Waals surface area contributed by atoms with Gasteiger partial charge in [0, 0.05) is 24.6 Å². The Morgan fingerprint density at radius 2 is 1.85 bits per heavy atom. The first-order valence-electron chi connectivity index (χ1n) is 10.5. The highest BCUT2D eigenvalue weighted by molar-refractivity contribution is 5.97. The number of hydrogen-bond donors (Lipinski definition) is 3. The van der Waals surface area contributed by atoms with Gasteiger partial charge in [-0.1, -0.05) is 38.1 Å². The van der Waals surface area contributed by atoms with Crippen molar-refractivity contribution < 1.29 is 18.8 Å². The average molecular weight is 452 g/mol. The van der Waals surface area contributed by atoms with Crippen LogP contribution in [-0.4, -0.2) is 33.5 Å². The van der Waals surface area contributed by atoms with E-state index in [0.29, 0.717) is 5.69 Å². The first-order valence-corrected chi connectivity index (χ1v) is 10.5. The van der Waals surface area contributed by atoms with E-state index in [0.717, 1.165) is 5.56 Å². The molecule has 0 bridgehead atoms. The molecule has 0 aliphatic rings. The van der Waals surface area contributed by atoms with Gasteiger partial charge in [-0.3, -0.25) is 19.1 Å². The minimum absolute atomic E-state index is 0.0890. The summed E-state index contributed by atoms with van der Waals surface area (Å²) in [6, 6.07) is 13.6. The highest BCUT2D eigenvalue weighted by atomic mass is 19.1. The zero-order chi connectivity index (χ0) is 23.8. The second kappa shape index (κ2) is 11.0. The Balaban J connectivity index is 1.57. The summed E-state index contributed by atoms with van der Waals surface area (Å²) in [5.74, 6) is -2.12. The largest absolute Gasteiger partial charge is 0.350 e. The molecule has 8 nitrogen and oxygen atoms in total. The van der Waals surface area contributed by atoms with Crippen molar-refractivity contribution in [2.45, 2.75) is 33.0 Å². The number of rotatable bonds is 9. The van der Waals surface area contributed by atoms with Crippen LogP contribution in [0.15, 0.2) is 67.0 Å². The molecule has 0 radical (unpaired) electrons. The number of carbonyl (C=O) groups excluding carboxylic acids is 3. The Bertz CT molecular complexity index is 1110. The maximum Gasteiger partial charge on any atom is 0.254 e. The number of hydrogen-bond acceptors (Lipinski definition) is 4. The van der Waals surface area contributed by atoms with Gasteiger partial charge in [0.2, 0.25) is 11.8 Å². The van der Waals surface area contributed by atoms with Gasteiger partial charge in [0.1, 0.15) is 18.4 Å². The molecule has 1 unspecified atom stereocenters. The lowest BCUT2D eigenvalue weighted by Crippen LogP contribution is -2.49. The second-order valence-corrected chi connectivity index (χ2v) is 7.84. The SMILES string of the molecule is CC(C)C(NC(=O)c1ccccc1F)C(=O)NCc1cccc(NC(=O)Cn2cccn2)c1. The number of amides is 3. The van der Waals surface area contributed by atoms with Gasteiger partial charge < -0.3 is 16.0 Å². The molecule has 3 rings (SSSR count). The molecule has 9 heteroatoms. The van der Waals surface area contributed by atoms with E-state index in [2.05, 4.69) is 21.0 Å². The Hall–Kier alpha value is -4.01. The lowest BCUT2D eigenvalue weighted by atomic mass is 10.0. The average Bonchev–Trinajstić information content (AvgIpc) is 3.29. The van der Waals surface area contributed by atoms with Crippen LogP contribution in [0, 0.1) is 11.7 Å². The topological polar surface area (TPSA) is 105 Å². The van der Waals surface area contributed by atoms with Crippen LogP contribution in [0.5, 0.6) is 0 Å². The lowest BCUT2D eigenvalue weighted by molar-refractivity contribution is -0.124. The summed E-state index contributed by atoms with van der Waals surface area (Å²) in [7, 11) is 0. The molecule has 3 amide bonds. The summed E-state index contributed by atoms with van der Waals surface area (Å²) < 4.78 is 15.4. The van der Waals surface area contributed by atoms with E-state index in [1.807, 2.05) is 6.07 Å². The predicted molar refractivity (Wildman–Crippen MR) is 122 cm³/mol. The minimum atomic E-state index is -0.839. The standard InChI is InChI=1S/C24H26FN5O3/c1-16(2)22(29-23(32)19-9-3-4-10-20(19)25)24(33)26-14-17-7-5-8-18(13-17)28-21(31)15-30-12-6-11-27-30/h3-13,16,22H,14-15H2,1-2H3,(H,26,33)(H,28,31)(H,29,32). The maximum absolute atomic E-state index is 13.9. The maximum atomic E-state index is 13.9. The first-order chi connectivity index (χ1) is 15.8. The van der Waals surface area contributed by atoms with E-state index in [1.54, 1.807) is 56.6 Å². The quantitative estimate of drug-likeness (QED) is 0.465. The zero-order valence-corrected chi connectivity index (χ0v) is 18.4. The fourth-order valence-electron chi connectivity index (χ4n) is 3.20. The molecule has 3 N–H and O–H groups in total. The number of benzene rings is 2. The molecular formula is C24H26FN5O3. The number of halogens is 1. The predicted octanol–water partition coefficient (Wildman–Crippen LogP) is 2.73. The van der Waals surface area contributed by atoms with Crippen molar-refractivity contribution in [2.75, 3.05) is 5.32 Å². The van der Waals surface area contributed by atoms with Crippen molar-refractivity contribution in [3.05, 3.63) is 83.9 Å². The van der Waals surface area contributed by atoms with Crippen molar-refractivity contribution in [1.29, 1.82) is 0 Å². The molecule has 33 heavy (non-hydrogen) atoms. The van der Waals surface area contributed by atoms with Gasteiger partial charge in [0.15, 0.2) is 0 Å². The van der Waals surface area contributed by atoms with Crippen LogP contribution < -0.4 is 16.0 Å². The summed E-state index contributed by atoms with van der Waals surface area (Å²) in [6.07, 6.45) is 3.29. The van der Waals surface area contributed by atoms with Crippen molar-refractivity contribution in [2.24, 2.45) is 5.92 Å². The molecule has 0 aliphatic heterocycles. The third-order valence-electron chi connectivity index (χ3n) is 4.90. The Morgan fingerprint density at radius 3 is 2.55 bits per heavy atom. The van der Waals surface area contributed by atoms with Gasteiger partial charge in [-0.2, -0.15) is 5.10 Å². The Kier molecular flexibility index (Phi) is 7.91. The molecule has 0 aliphatic carbocycles. The summed E-state index contributed by atoms with van der Waals surface area (Å²) in [4.78, 5) is 37.4. The number of aromatic nitrogens is 2. The number of nitrogens with zero attached hydrogens (tertiary/aromatic N) is 2. The van der Waals surface area contributed by atoms with Crippen LogP contribution in [0.4, 0.5) is 10.1 Å². The first kappa shape index (κ1) is 23.6. The van der Waals surface area contributed by atoms with Crippen LogP contribution in [0.2, 0.25) is 0 Å². The molecule has 1 heterocycles. The third kappa shape index (κ3) is 6.73. The lowest BCUT2D eigenvalue weighted by Gasteiger charge is -2.22. The molecule has 0 saturated carbocycles. The summed E-state index contributed by atoms with van der Waals surface area (Å²) in [6.45, 7) is 3.87. The molecule has 1 aromatic heterocycles. The highest BCUT2D eigenvalue weighted by Gasteiger charge is 2.25. The summed E-state index contributed by atoms with van der Waals surface area (Å²) in [5.41, 5.74) is 1.24. The molecule has 172 valence electrons. The molecule has 2 aromatic carbocycles. The molecule has 0 saturated heterocycles. The van der Waals surface area contributed by atoms with Crippen molar-refractivity contribution >= 4 is 23.4 Å². The summed E-state index contributed by atoms with van der Waals surface area (Å²) in [5, 5.41) is 12.2. The van der Waals surface area contributed by atoms with E-state index in [9.17, 15) is 18.8 Å². The Morgan fingerprint density at radius 1 is 1.06 bits per heavy atom. The Labute approximate surface area is 191 Å². The fraction of sp³-hybridized carbons (Fsp3) is 0.250. The van der Waals surface area contributed by atoms with Gasteiger partial charge in [-0.05, 0) is 41.8 Å². The summed E-state index contributed by atoms with van der Waals surface area (Å²) >= 11 is 0. The van der Waals surface area contributed by atoms with Crippen LogP contribution in [0.25, 0.3) is 0 Å². The zero-order valence-electron chi connectivity index (χ0n) is 18.4. The van der Waals surface area contributed by atoms with E-state index in [1.165, 1.54) is 22.9 Å². The van der Waals surface area contributed by atoms with E-state index in [-0.39, 0.29) is 36.4 Å². The van der Waals surface area contributed by atoms with E-state index in [4.69, 9.17) is 0 Å². The molecule has 0 fully saturated rings. The van der Waals surface area contributed by atoms with Crippen molar-refractivity contribution in [1.82, 2.24) is 20.4 Å². The van der Waals surface area contributed by atoms with Gasteiger partial charge in [-0.15, -0.1) is 0 Å². The smallest absolute Gasteiger partial charge is 0.254 e. The second-order valence-electron chi connectivity index (χ2n) is 7.84. The van der Waals surface area contributed by atoms with Gasteiger partial charge in [0.25, 0.3) is 5.91 Å². The number of carbonyl (C=O) groups is 3. The highest BCUT2D eigenvalue weighted by Crippen LogP contribution is 2.12. The van der Waals surface area contributed by atoms with Crippen molar-refractivity contribution in [3.8, 4) is 0 Å². The van der Waals surface area contributed by atoms with Crippen LogP contribution in [0.1, 0.15) is 29.8 Å². The molecule has 0 spiro atoms. The van der Waals surface area contributed by atoms with Gasteiger partial charge in [0.05, 0.1) is 5.56 Å². The monoisotopic (exact) mass is 451 g/mol. The van der Waals surface area contributed by atoms with E-state index >= 15 is 0 Å². The molecule has 3 aromatic rings. The van der Waals surface area contributed by atoms with Gasteiger partial charge >= 0.3 is 0 Å². The van der Waals surface area contributed by atoms with Crippen LogP contribution >= 0.6 is 0 Å². The number of anilines is 1. The van der Waals surface area contributed by atoms with Crippen molar-refractivity contribution in [3.63, 3.8) is 0 Å². The molecular weight excluding hydrogens is 425 g/mol. The van der Waals surface area contributed by atoms with Crippen LogP contribution in [0.3, 0.4) is 0 Å². The fourth-order valence-corrected chi connectivity index (χ4v) is 3.20. The van der Waals surface area contributed by atoms with Crippen LogP contribution in [-0.2, 0) is 22.7 Å². The normalized spacial score (nSPS) is 11.6. The van der Waals surface area contributed by atoms with E-state index < -0.39 is 17.8 Å². The molecule has 1 atom stereocenters. The third-order valence-corrected chi connectivity index (χ3v) is 4.90. The minimum Gasteiger partial charge on any atom is -0.350 e.